The molecule has 0 saturated heterocycles. The molecule has 1 N–H and O–H groups in total. The Hall–Kier alpha value is -3.72. The van der Waals surface area contributed by atoms with Crippen molar-refractivity contribution in [2.45, 2.75) is 38.8 Å². The van der Waals surface area contributed by atoms with Crippen molar-refractivity contribution in [3.8, 4) is 0 Å². The Balaban J connectivity index is 1.83. The van der Waals surface area contributed by atoms with Crippen LogP contribution < -0.4 is 9.62 Å². The molecule has 0 radical (unpaired) electrons. The highest BCUT2D eigenvalue weighted by Crippen LogP contribution is 2.20. The minimum Gasteiger partial charge on any atom is -0.357 e. The Labute approximate surface area is 224 Å². The lowest BCUT2D eigenvalue weighted by Crippen LogP contribution is -2.49. The quantitative estimate of drug-likeness (QED) is 0.376. The molecule has 0 aliphatic heterocycles. The van der Waals surface area contributed by atoms with Crippen LogP contribution in [0.2, 0.25) is 0 Å². The average Bonchev–Trinajstić information content (AvgIpc) is 2.89. The summed E-state index contributed by atoms with van der Waals surface area (Å²) in [6.07, 6.45) is 1.66. The number of carbonyl (C=O) groups excluding carboxylic acids is 2. The van der Waals surface area contributed by atoms with Crippen LogP contribution in [-0.2, 0) is 32.6 Å². The number of hydrogen-bond acceptors (Lipinski definition) is 4. The first kappa shape index (κ1) is 28.8. The first-order valence-corrected chi connectivity index (χ1v) is 14.3. The van der Waals surface area contributed by atoms with Crippen LogP contribution in [0.1, 0.15) is 29.5 Å². The van der Waals surface area contributed by atoms with Gasteiger partial charge in [-0.1, -0.05) is 60.2 Å². The highest BCUT2D eigenvalue weighted by atomic mass is 32.2. The van der Waals surface area contributed by atoms with Gasteiger partial charge in [0.1, 0.15) is 11.9 Å². The van der Waals surface area contributed by atoms with Gasteiger partial charge in [0.2, 0.25) is 21.8 Å². The first-order valence-electron chi connectivity index (χ1n) is 12.4. The maximum absolute atomic E-state index is 13.6. The fourth-order valence-corrected chi connectivity index (χ4v) is 5.19. The molecule has 1 atom stereocenters. The summed E-state index contributed by atoms with van der Waals surface area (Å²) in [5.41, 5.74) is 3.21. The number of anilines is 1. The zero-order valence-electron chi connectivity index (χ0n) is 21.9. The first-order chi connectivity index (χ1) is 18.1. The molecule has 0 aromatic heterocycles. The van der Waals surface area contributed by atoms with Crippen LogP contribution in [0, 0.1) is 12.7 Å². The molecule has 0 aliphatic rings. The Morgan fingerprint density at radius 2 is 1.55 bits per heavy atom. The van der Waals surface area contributed by atoms with E-state index in [1.807, 2.05) is 61.5 Å². The third kappa shape index (κ3) is 8.14. The van der Waals surface area contributed by atoms with Crippen LogP contribution in [0.25, 0.3) is 0 Å². The van der Waals surface area contributed by atoms with Crippen molar-refractivity contribution >= 4 is 27.5 Å². The minimum absolute atomic E-state index is 0.0291. The molecule has 3 aromatic carbocycles. The number of carbonyl (C=O) groups is 2. The lowest BCUT2D eigenvalue weighted by Gasteiger charge is -2.31. The van der Waals surface area contributed by atoms with Crippen molar-refractivity contribution in [2.24, 2.45) is 0 Å². The Morgan fingerprint density at radius 3 is 2.13 bits per heavy atom. The maximum atomic E-state index is 13.6. The molecule has 7 nitrogen and oxygen atoms in total. The van der Waals surface area contributed by atoms with Gasteiger partial charge in [0.15, 0.2) is 0 Å². The van der Waals surface area contributed by atoms with Crippen molar-refractivity contribution in [3.05, 3.63) is 101 Å². The van der Waals surface area contributed by atoms with Gasteiger partial charge in [-0.05, 0) is 48.7 Å². The largest absolute Gasteiger partial charge is 0.357 e. The van der Waals surface area contributed by atoms with E-state index in [1.54, 1.807) is 11.9 Å². The summed E-state index contributed by atoms with van der Waals surface area (Å²) in [4.78, 5) is 28.2. The molecule has 0 bridgehead atoms. The van der Waals surface area contributed by atoms with E-state index >= 15 is 0 Å². The third-order valence-electron chi connectivity index (χ3n) is 6.26. The molecule has 0 unspecified atom stereocenters. The van der Waals surface area contributed by atoms with Crippen molar-refractivity contribution in [1.82, 2.24) is 10.2 Å². The van der Waals surface area contributed by atoms with Crippen LogP contribution in [0.4, 0.5) is 10.1 Å². The van der Waals surface area contributed by atoms with Crippen LogP contribution in [0.5, 0.6) is 0 Å². The fourth-order valence-electron chi connectivity index (χ4n) is 4.22. The second-order valence-corrected chi connectivity index (χ2v) is 11.1. The van der Waals surface area contributed by atoms with Gasteiger partial charge in [0, 0.05) is 33.0 Å². The number of halogens is 1. The molecule has 202 valence electrons. The standard InChI is InChI=1S/C29H34FN3O4S/c1-22-11-13-24(14-12-22)21-32(27(29(35)31-2)20-23-8-5-4-6-9-23)28(34)10-7-19-33(38(3,36)37)26-17-15-25(30)16-18-26/h4-6,8-9,11-18,27H,7,10,19-21H2,1-3H3,(H,31,35)/t27-/m0/s1. The number of likely N-dealkylation sites (N-methyl/N-ethyl adjacent to an activating group) is 1. The third-order valence-corrected chi connectivity index (χ3v) is 7.45. The molecule has 0 aliphatic carbocycles. The predicted octanol–water partition coefficient (Wildman–Crippen LogP) is 4.07. The van der Waals surface area contributed by atoms with Crippen LogP contribution in [0.3, 0.4) is 0 Å². The minimum atomic E-state index is -3.65. The maximum Gasteiger partial charge on any atom is 0.242 e. The number of amides is 2. The number of sulfonamides is 1. The highest BCUT2D eigenvalue weighted by molar-refractivity contribution is 7.92. The number of nitrogens with zero attached hydrogens (tertiary/aromatic N) is 2. The molecule has 9 heteroatoms. The normalized spacial score (nSPS) is 12.0. The van der Waals surface area contributed by atoms with Gasteiger partial charge < -0.3 is 10.2 Å². The van der Waals surface area contributed by atoms with Gasteiger partial charge in [-0.2, -0.15) is 0 Å². The highest BCUT2D eigenvalue weighted by Gasteiger charge is 2.30. The average molecular weight is 540 g/mol. The molecule has 3 aromatic rings. The molecule has 2 amide bonds. The zero-order chi connectivity index (χ0) is 27.7. The Kier molecular flexibility index (Phi) is 10.0. The fraction of sp³-hybridized carbons (Fsp3) is 0.310. The topological polar surface area (TPSA) is 86.8 Å². The van der Waals surface area contributed by atoms with E-state index in [-0.39, 0.29) is 37.7 Å². The van der Waals surface area contributed by atoms with E-state index in [0.717, 1.165) is 27.3 Å². The molecule has 38 heavy (non-hydrogen) atoms. The van der Waals surface area contributed by atoms with Crippen molar-refractivity contribution in [2.75, 3.05) is 24.2 Å². The van der Waals surface area contributed by atoms with Gasteiger partial charge in [-0.15, -0.1) is 0 Å². The lowest BCUT2D eigenvalue weighted by atomic mass is 10.0. The lowest BCUT2D eigenvalue weighted by molar-refractivity contribution is -0.141. The number of aryl methyl sites for hydroxylation is 1. The van der Waals surface area contributed by atoms with Gasteiger partial charge in [0.25, 0.3) is 0 Å². The van der Waals surface area contributed by atoms with Crippen molar-refractivity contribution < 1.29 is 22.4 Å². The molecule has 3 rings (SSSR count). The summed E-state index contributed by atoms with van der Waals surface area (Å²) in [7, 11) is -2.11. The summed E-state index contributed by atoms with van der Waals surface area (Å²) in [5, 5.41) is 2.68. The summed E-state index contributed by atoms with van der Waals surface area (Å²) in [6.45, 7) is 2.25. The van der Waals surface area contributed by atoms with Crippen LogP contribution in [0.15, 0.2) is 78.9 Å². The van der Waals surface area contributed by atoms with E-state index in [0.29, 0.717) is 12.1 Å². The van der Waals surface area contributed by atoms with Gasteiger partial charge in [-0.3, -0.25) is 13.9 Å². The number of nitrogens with one attached hydrogen (secondary N) is 1. The molecule has 0 spiro atoms. The van der Waals surface area contributed by atoms with Gasteiger partial charge in [-0.25, -0.2) is 12.8 Å². The summed E-state index contributed by atoms with van der Waals surface area (Å²) in [6, 6.07) is 21.7. The van der Waals surface area contributed by atoms with Crippen molar-refractivity contribution in [3.63, 3.8) is 0 Å². The molecular weight excluding hydrogens is 505 g/mol. The number of rotatable bonds is 12. The van der Waals surface area contributed by atoms with Gasteiger partial charge in [0.05, 0.1) is 11.9 Å². The Bertz CT molecular complexity index is 1310. The van der Waals surface area contributed by atoms with E-state index in [9.17, 15) is 22.4 Å². The summed E-state index contributed by atoms with van der Waals surface area (Å²) < 4.78 is 39.4. The molecule has 0 fully saturated rings. The Morgan fingerprint density at radius 1 is 0.921 bits per heavy atom. The molecular formula is C29H34FN3O4S. The van der Waals surface area contributed by atoms with E-state index in [1.165, 1.54) is 24.3 Å². The number of hydrogen-bond donors (Lipinski definition) is 1. The summed E-state index contributed by atoms with van der Waals surface area (Å²) >= 11 is 0. The SMILES string of the molecule is CNC(=O)[C@H](Cc1ccccc1)N(Cc1ccc(C)cc1)C(=O)CCCN(c1ccc(F)cc1)S(C)(=O)=O. The van der Waals surface area contributed by atoms with E-state index < -0.39 is 21.9 Å². The monoisotopic (exact) mass is 539 g/mol. The second kappa shape index (κ2) is 13.2. The predicted molar refractivity (Wildman–Crippen MR) is 148 cm³/mol. The van der Waals surface area contributed by atoms with E-state index in [4.69, 9.17) is 0 Å². The zero-order valence-corrected chi connectivity index (χ0v) is 22.7. The van der Waals surface area contributed by atoms with Gasteiger partial charge >= 0.3 is 0 Å². The smallest absolute Gasteiger partial charge is 0.242 e. The van der Waals surface area contributed by atoms with Crippen LogP contribution >= 0.6 is 0 Å². The molecule has 0 saturated carbocycles. The van der Waals surface area contributed by atoms with E-state index in [2.05, 4.69) is 5.32 Å². The second-order valence-electron chi connectivity index (χ2n) is 9.24. The summed E-state index contributed by atoms with van der Waals surface area (Å²) in [5.74, 6) is -1.01. The molecule has 0 heterocycles. The number of benzene rings is 3. The van der Waals surface area contributed by atoms with Crippen LogP contribution in [-0.4, -0.2) is 51.0 Å². The van der Waals surface area contributed by atoms with Crippen molar-refractivity contribution in [1.29, 1.82) is 0 Å².